The zero-order valence-corrected chi connectivity index (χ0v) is 14.6. The Morgan fingerprint density at radius 1 is 1.33 bits per heavy atom. The second kappa shape index (κ2) is 9.43. The van der Waals surface area contributed by atoms with Crippen LogP contribution < -0.4 is 5.32 Å². The first-order chi connectivity index (χ1) is 10.1. The van der Waals surface area contributed by atoms with Crippen molar-refractivity contribution in [1.29, 1.82) is 5.26 Å². The fourth-order valence-electron chi connectivity index (χ4n) is 3.54. The van der Waals surface area contributed by atoms with Crippen LogP contribution in [0, 0.1) is 17.2 Å². The second-order valence-corrected chi connectivity index (χ2v) is 6.98. The Balaban J connectivity index is 2.37. The summed E-state index contributed by atoms with van der Waals surface area (Å²) in [6.07, 6.45) is 9.54. The lowest BCUT2D eigenvalue weighted by Gasteiger charge is -2.35. The predicted octanol–water partition coefficient (Wildman–Crippen LogP) is 3.95. The van der Waals surface area contributed by atoms with Crippen LogP contribution >= 0.6 is 0 Å². The molecule has 0 spiro atoms. The molecule has 0 saturated heterocycles. The van der Waals surface area contributed by atoms with Gasteiger partial charge in [-0.1, -0.05) is 33.6 Å². The molecule has 1 rings (SSSR count). The Bertz CT molecular complexity index is 323. The van der Waals surface area contributed by atoms with Crippen LogP contribution in [0.1, 0.15) is 72.1 Å². The smallest absolute Gasteiger partial charge is 0.106 e. The summed E-state index contributed by atoms with van der Waals surface area (Å²) in [5.74, 6) is 0.881. The zero-order valence-electron chi connectivity index (χ0n) is 14.6. The number of nitriles is 1. The van der Waals surface area contributed by atoms with Crippen molar-refractivity contribution >= 4 is 0 Å². The van der Waals surface area contributed by atoms with Gasteiger partial charge in [-0.25, -0.2) is 0 Å². The van der Waals surface area contributed by atoms with Crippen LogP contribution in [0.5, 0.6) is 0 Å². The molecule has 0 aromatic carbocycles. The normalized spacial score (nSPS) is 25.5. The van der Waals surface area contributed by atoms with Gasteiger partial charge in [0.25, 0.3) is 0 Å². The highest BCUT2D eigenvalue weighted by molar-refractivity contribution is 5.06. The maximum atomic E-state index is 9.53. The molecule has 0 aromatic rings. The lowest BCUT2D eigenvalue weighted by Crippen LogP contribution is -2.44. The number of hydrogen-bond donors (Lipinski definition) is 1. The zero-order chi connectivity index (χ0) is 15.7. The van der Waals surface area contributed by atoms with Crippen molar-refractivity contribution in [2.45, 2.75) is 83.7 Å². The minimum absolute atomic E-state index is 0.309. The molecule has 1 aliphatic rings. The summed E-state index contributed by atoms with van der Waals surface area (Å²) in [4.78, 5) is 2.53. The maximum Gasteiger partial charge on any atom is 0.106 e. The average molecular weight is 293 g/mol. The molecule has 0 amide bonds. The van der Waals surface area contributed by atoms with E-state index in [4.69, 9.17) is 0 Å². The van der Waals surface area contributed by atoms with Gasteiger partial charge >= 0.3 is 0 Å². The van der Waals surface area contributed by atoms with Crippen molar-refractivity contribution in [1.82, 2.24) is 10.2 Å². The van der Waals surface area contributed by atoms with Crippen molar-refractivity contribution in [3.8, 4) is 6.07 Å². The van der Waals surface area contributed by atoms with Crippen LogP contribution in [-0.2, 0) is 0 Å². The molecule has 1 saturated carbocycles. The number of hydrogen-bond acceptors (Lipinski definition) is 3. The summed E-state index contributed by atoms with van der Waals surface area (Å²) in [5, 5.41) is 13.0. The van der Waals surface area contributed by atoms with Gasteiger partial charge in [0.1, 0.15) is 5.54 Å². The molecular formula is C18H35N3. The Hall–Kier alpha value is -0.590. The molecule has 1 N–H and O–H groups in total. The highest BCUT2D eigenvalue weighted by Gasteiger charge is 2.27. The number of rotatable bonds is 9. The fraction of sp³-hybridized carbons (Fsp3) is 0.944. The first-order valence-electron chi connectivity index (χ1n) is 8.93. The van der Waals surface area contributed by atoms with Crippen LogP contribution in [-0.4, -0.2) is 36.6 Å². The van der Waals surface area contributed by atoms with Gasteiger partial charge in [0.2, 0.25) is 0 Å². The molecule has 0 aliphatic heterocycles. The van der Waals surface area contributed by atoms with Gasteiger partial charge in [-0.15, -0.1) is 0 Å². The molecule has 3 atom stereocenters. The Morgan fingerprint density at radius 2 is 2.10 bits per heavy atom. The van der Waals surface area contributed by atoms with Gasteiger partial charge in [-0.2, -0.15) is 5.26 Å². The molecule has 122 valence electrons. The Morgan fingerprint density at radius 3 is 2.67 bits per heavy atom. The van der Waals surface area contributed by atoms with E-state index in [0.717, 1.165) is 50.7 Å². The summed E-state index contributed by atoms with van der Waals surface area (Å²) in [7, 11) is 2.27. The van der Waals surface area contributed by atoms with E-state index in [2.05, 4.69) is 44.1 Å². The van der Waals surface area contributed by atoms with Gasteiger partial charge in [0.05, 0.1) is 6.07 Å². The third kappa shape index (κ3) is 5.96. The maximum absolute atomic E-state index is 9.53. The molecule has 0 radical (unpaired) electrons. The Labute approximate surface area is 132 Å². The second-order valence-electron chi connectivity index (χ2n) is 6.98. The molecule has 3 unspecified atom stereocenters. The van der Waals surface area contributed by atoms with E-state index in [9.17, 15) is 5.26 Å². The third-order valence-corrected chi connectivity index (χ3v) is 5.18. The SMILES string of the molecule is CCCNC(C#N)(CC)CCCN(C)C1CCCC(C)C1. The lowest BCUT2D eigenvalue weighted by atomic mass is 9.86. The van der Waals surface area contributed by atoms with Crippen LogP contribution in [0.25, 0.3) is 0 Å². The van der Waals surface area contributed by atoms with Gasteiger partial charge in [-0.3, -0.25) is 5.32 Å². The van der Waals surface area contributed by atoms with E-state index in [1.165, 1.54) is 25.7 Å². The van der Waals surface area contributed by atoms with E-state index >= 15 is 0 Å². The summed E-state index contributed by atoms with van der Waals surface area (Å²) in [6.45, 7) is 8.72. The topological polar surface area (TPSA) is 39.1 Å². The minimum atomic E-state index is -0.309. The van der Waals surface area contributed by atoms with E-state index in [1.54, 1.807) is 0 Å². The predicted molar refractivity (Wildman–Crippen MR) is 90.2 cm³/mol. The number of nitrogens with one attached hydrogen (secondary N) is 1. The summed E-state index contributed by atoms with van der Waals surface area (Å²) >= 11 is 0. The summed E-state index contributed by atoms with van der Waals surface area (Å²) in [6, 6.07) is 3.29. The molecular weight excluding hydrogens is 258 g/mol. The first-order valence-corrected chi connectivity index (χ1v) is 8.93. The Kier molecular flexibility index (Phi) is 8.29. The largest absolute Gasteiger partial charge is 0.303 e. The van der Waals surface area contributed by atoms with Crippen molar-refractivity contribution in [2.24, 2.45) is 5.92 Å². The van der Waals surface area contributed by atoms with Crippen LogP contribution in [0.2, 0.25) is 0 Å². The van der Waals surface area contributed by atoms with Gasteiger partial charge in [0, 0.05) is 6.04 Å². The average Bonchev–Trinajstić information content (AvgIpc) is 2.51. The number of nitrogens with zero attached hydrogens (tertiary/aromatic N) is 2. The van der Waals surface area contributed by atoms with Gasteiger partial charge < -0.3 is 4.90 Å². The monoisotopic (exact) mass is 293 g/mol. The summed E-state index contributed by atoms with van der Waals surface area (Å²) in [5.41, 5.74) is -0.309. The van der Waals surface area contributed by atoms with E-state index in [-0.39, 0.29) is 5.54 Å². The van der Waals surface area contributed by atoms with Crippen LogP contribution in [0.3, 0.4) is 0 Å². The van der Waals surface area contributed by atoms with E-state index in [1.807, 2.05) is 0 Å². The summed E-state index contributed by atoms with van der Waals surface area (Å²) < 4.78 is 0. The van der Waals surface area contributed by atoms with E-state index in [0.29, 0.717) is 0 Å². The lowest BCUT2D eigenvalue weighted by molar-refractivity contribution is 0.158. The third-order valence-electron chi connectivity index (χ3n) is 5.18. The molecule has 1 fully saturated rings. The van der Waals surface area contributed by atoms with Crippen molar-refractivity contribution in [2.75, 3.05) is 20.1 Å². The molecule has 0 bridgehead atoms. The molecule has 1 aliphatic carbocycles. The van der Waals surface area contributed by atoms with Crippen molar-refractivity contribution in [3.05, 3.63) is 0 Å². The molecule has 3 heteroatoms. The highest BCUT2D eigenvalue weighted by atomic mass is 15.1. The van der Waals surface area contributed by atoms with Crippen molar-refractivity contribution in [3.63, 3.8) is 0 Å². The minimum Gasteiger partial charge on any atom is -0.303 e. The molecule has 3 nitrogen and oxygen atoms in total. The van der Waals surface area contributed by atoms with Crippen molar-refractivity contribution < 1.29 is 0 Å². The van der Waals surface area contributed by atoms with E-state index < -0.39 is 0 Å². The highest BCUT2D eigenvalue weighted by Crippen LogP contribution is 2.27. The van der Waals surface area contributed by atoms with Gasteiger partial charge in [0.15, 0.2) is 0 Å². The molecule has 0 heterocycles. The standard InChI is InChI=1S/C18H35N3/c1-5-12-20-18(6-2,15-19)11-8-13-21(4)17-10-7-9-16(3)14-17/h16-17,20H,5-14H2,1-4H3. The van der Waals surface area contributed by atoms with Gasteiger partial charge in [-0.05, 0) is 64.6 Å². The molecule has 21 heavy (non-hydrogen) atoms. The fourth-order valence-corrected chi connectivity index (χ4v) is 3.54. The first kappa shape index (κ1) is 18.5. The van der Waals surface area contributed by atoms with Crippen LogP contribution in [0.4, 0.5) is 0 Å². The quantitative estimate of drug-likeness (QED) is 0.699. The molecule has 0 aromatic heterocycles. The van der Waals surface area contributed by atoms with Crippen LogP contribution in [0.15, 0.2) is 0 Å².